The van der Waals surface area contributed by atoms with Crippen molar-refractivity contribution in [3.05, 3.63) is 29.8 Å². The SMILES string of the molecule is CCNC(=NCC(=O)N1CCc2ccccc21)N(C)CC1CCOC1. The summed E-state index contributed by atoms with van der Waals surface area (Å²) in [7, 11) is 2.02. The number of amides is 1. The molecular formula is C19H28N4O2. The number of fused-ring (bicyclic) bond motifs is 1. The van der Waals surface area contributed by atoms with Crippen molar-refractivity contribution in [3.63, 3.8) is 0 Å². The van der Waals surface area contributed by atoms with Crippen LogP contribution in [0.15, 0.2) is 29.3 Å². The van der Waals surface area contributed by atoms with Gasteiger partial charge in [-0.1, -0.05) is 18.2 Å². The molecular weight excluding hydrogens is 316 g/mol. The van der Waals surface area contributed by atoms with E-state index in [1.54, 1.807) is 0 Å². The Morgan fingerprint density at radius 1 is 1.44 bits per heavy atom. The first-order chi connectivity index (χ1) is 12.2. The number of aliphatic imine (C=N–C) groups is 1. The van der Waals surface area contributed by atoms with Crippen molar-refractivity contribution in [3.8, 4) is 0 Å². The Labute approximate surface area is 149 Å². The van der Waals surface area contributed by atoms with Gasteiger partial charge in [0.2, 0.25) is 5.91 Å². The molecule has 0 bridgehead atoms. The maximum atomic E-state index is 12.6. The number of hydrogen-bond donors (Lipinski definition) is 1. The van der Waals surface area contributed by atoms with Crippen molar-refractivity contribution in [2.24, 2.45) is 10.9 Å². The lowest BCUT2D eigenvalue weighted by Crippen LogP contribution is -2.42. The second kappa shape index (κ2) is 8.34. The van der Waals surface area contributed by atoms with Crippen LogP contribution in [0.2, 0.25) is 0 Å². The minimum atomic E-state index is 0.0537. The number of benzene rings is 1. The van der Waals surface area contributed by atoms with Gasteiger partial charge in [-0.15, -0.1) is 0 Å². The van der Waals surface area contributed by atoms with E-state index < -0.39 is 0 Å². The predicted octanol–water partition coefficient (Wildman–Crippen LogP) is 1.51. The molecule has 2 aliphatic heterocycles. The number of carbonyl (C=O) groups excluding carboxylic acids is 1. The molecule has 2 aliphatic rings. The minimum Gasteiger partial charge on any atom is -0.381 e. The first kappa shape index (κ1) is 17.7. The van der Waals surface area contributed by atoms with Crippen molar-refractivity contribution in [2.45, 2.75) is 19.8 Å². The average Bonchev–Trinajstić information content (AvgIpc) is 3.27. The molecule has 1 aromatic rings. The number of nitrogens with zero attached hydrogens (tertiary/aromatic N) is 3. The van der Waals surface area contributed by atoms with Gasteiger partial charge in [0.05, 0.1) is 6.61 Å². The first-order valence-corrected chi connectivity index (χ1v) is 9.14. The highest BCUT2D eigenvalue weighted by atomic mass is 16.5. The Balaban J connectivity index is 1.62. The summed E-state index contributed by atoms with van der Waals surface area (Å²) in [6.07, 6.45) is 2.01. The van der Waals surface area contributed by atoms with Crippen LogP contribution < -0.4 is 10.2 Å². The fourth-order valence-corrected chi connectivity index (χ4v) is 3.50. The van der Waals surface area contributed by atoms with E-state index >= 15 is 0 Å². The smallest absolute Gasteiger partial charge is 0.248 e. The number of anilines is 1. The topological polar surface area (TPSA) is 57.2 Å². The molecule has 0 saturated carbocycles. The van der Waals surface area contributed by atoms with Crippen molar-refractivity contribution in [1.29, 1.82) is 0 Å². The third-order valence-electron chi connectivity index (χ3n) is 4.80. The fraction of sp³-hybridized carbons (Fsp3) is 0.579. The molecule has 1 saturated heterocycles. The second-order valence-corrected chi connectivity index (χ2v) is 6.70. The Hall–Kier alpha value is -2.08. The van der Waals surface area contributed by atoms with E-state index in [1.165, 1.54) is 5.56 Å². The van der Waals surface area contributed by atoms with Crippen LogP contribution in [-0.2, 0) is 16.0 Å². The molecule has 2 heterocycles. The molecule has 0 spiro atoms. The lowest BCUT2D eigenvalue weighted by atomic mass is 10.1. The molecule has 1 fully saturated rings. The van der Waals surface area contributed by atoms with Crippen LogP contribution in [-0.4, -0.2) is 63.2 Å². The molecule has 1 aromatic carbocycles. The van der Waals surface area contributed by atoms with Gasteiger partial charge in [0.15, 0.2) is 5.96 Å². The first-order valence-electron chi connectivity index (χ1n) is 9.14. The third-order valence-corrected chi connectivity index (χ3v) is 4.80. The lowest BCUT2D eigenvalue weighted by molar-refractivity contribution is -0.117. The number of nitrogens with one attached hydrogen (secondary N) is 1. The molecule has 0 aromatic heterocycles. The average molecular weight is 344 g/mol. The maximum Gasteiger partial charge on any atom is 0.248 e. The van der Waals surface area contributed by atoms with Crippen LogP contribution in [0, 0.1) is 5.92 Å². The molecule has 1 N–H and O–H groups in total. The summed E-state index contributed by atoms with van der Waals surface area (Å²) < 4.78 is 5.45. The van der Waals surface area contributed by atoms with Gasteiger partial charge < -0.3 is 19.9 Å². The Morgan fingerprint density at radius 2 is 2.28 bits per heavy atom. The van der Waals surface area contributed by atoms with Crippen molar-refractivity contribution < 1.29 is 9.53 Å². The van der Waals surface area contributed by atoms with Crippen LogP contribution >= 0.6 is 0 Å². The highest BCUT2D eigenvalue weighted by Gasteiger charge is 2.24. The van der Waals surface area contributed by atoms with E-state index in [4.69, 9.17) is 4.74 Å². The van der Waals surface area contributed by atoms with Crippen molar-refractivity contribution in [2.75, 3.05) is 51.3 Å². The van der Waals surface area contributed by atoms with Gasteiger partial charge in [-0.2, -0.15) is 0 Å². The lowest BCUT2D eigenvalue weighted by Gasteiger charge is -2.25. The Bertz CT molecular complexity index is 626. The number of carbonyl (C=O) groups is 1. The zero-order chi connectivity index (χ0) is 17.6. The van der Waals surface area contributed by atoms with Gasteiger partial charge >= 0.3 is 0 Å². The van der Waals surface area contributed by atoms with Gasteiger partial charge in [-0.3, -0.25) is 4.79 Å². The maximum absolute atomic E-state index is 12.6. The molecule has 1 unspecified atom stereocenters. The summed E-state index contributed by atoms with van der Waals surface area (Å²) in [6, 6.07) is 8.11. The van der Waals surface area contributed by atoms with Gasteiger partial charge in [-0.05, 0) is 31.4 Å². The van der Waals surface area contributed by atoms with Gasteiger partial charge in [0.25, 0.3) is 0 Å². The van der Waals surface area contributed by atoms with E-state index in [0.29, 0.717) is 5.92 Å². The van der Waals surface area contributed by atoms with Crippen molar-refractivity contribution in [1.82, 2.24) is 10.2 Å². The van der Waals surface area contributed by atoms with Crippen LogP contribution in [0.1, 0.15) is 18.9 Å². The zero-order valence-corrected chi connectivity index (χ0v) is 15.2. The molecule has 1 amide bonds. The number of ether oxygens (including phenoxy) is 1. The quantitative estimate of drug-likeness (QED) is 0.650. The molecule has 0 aliphatic carbocycles. The van der Waals surface area contributed by atoms with E-state index in [1.807, 2.05) is 37.1 Å². The Morgan fingerprint density at radius 3 is 3.04 bits per heavy atom. The van der Waals surface area contributed by atoms with Crippen LogP contribution in [0.5, 0.6) is 0 Å². The molecule has 6 nitrogen and oxygen atoms in total. The molecule has 6 heteroatoms. The minimum absolute atomic E-state index is 0.0537. The summed E-state index contributed by atoms with van der Waals surface area (Å²) in [5.74, 6) is 1.38. The molecule has 3 rings (SSSR count). The van der Waals surface area contributed by atoms with Gasteiger partial charge in [0, 0.05) is 44.9 Å². The number of hydrogen-bond acceptors (Lipinski definition) is 3. The van der Waals surface area contributed by atoms with E-state index in [9.17, 15) is 4.79 Å². The van der Waals surface area contributed by atoms with Crippen LogP contribution in [0.25, 0.3) is 0 Å². The highest BCUT2D eigenvalue weighted by Crippen LogP contribution is 2.27. The summed E-state index contributed by atoms with van der Waals surface area (Å²) in [4.78, 5) is 21.2. The molecule has 25 heavy (non-hydrogen) atoms. The third kappa shape index (κ3) is 4.31. The standard InChI is InChI=1S/C19H28N4O2/c1-3-20-19(22(2)13-15-9-11-25-14-15)21-12-18(24)23-10-8-16-6-4-5-7-17(16)23/h4-7,15H,3,8-14H2,1-2H3,(H,20,21). The highest BCUT2D eigenvalue weighted by molar-refractivity contribution is 5.98. The van der Waals surface area contributed by atoms with Gasteiger partial charge in [-0.25, -0.2) is 4.99 Å². The van der Waals surface area contributed by atoms with Crippen molar-refractivity contribution >= 4 is 17.6 Å². The van der Waals surface area contributed by atoms with Crippen LogP contribution in [0.3, 0.4) is 0 Å². The largest absolute Gasteiger partial charge is 0.381 e. The number of para-hydroxylation sites is 1. The zero-order valence-electron chi connectivity index (χ0n) is 15.2. The summed E-state index contributed by atoms with van der Waals surface area (Å²) in [5, 5.41) is 3.29. The summed E-state index contributed by atoms with van der Waals surface area (Å²) >= 11 is 0. The number of rotatable bonds is 5. The summed E-state index contributed by atoms with van der Waals surface area (Å²) in [6.45, 7) is 6.30. The Kier molecular flexibility index (Phi) is 5.91. The molecule has 136 valence electrons. The predicted molar refractivity (Wildman–Crippen MR) is 100 cm³/mol. The van der Waals surface area contributed by atoms with E-state index in [2.05, 4.69) is 21.3 Å². The molecule has 0 radical (unpaired) electrons. The molecule has 1 atom stereocenters. The van der Waals surface area contributed by atoms with E-state index in [-0.39, 0.29) is 12.5 Å². The fourth-order valence-electron chi connectivity index (χ4n) is 3.50. The normalized spacial score (nSPS) is 19.8. The van der Waals surface area contributed by atoms with E-state index in [0.717, 1.165) is 57.3 Å². The van der Waals surface area contributed by atoms with Gasteiger partial charge in [0.1, 0.15) is 6.54 Å². The van der Waals surface area contributed by atoms with Crippen LogP contribution in [0.4, 0.5) is 5.69 Å². The second-order valence-electron chi connectivity index (χ2n) is 6.70. The monoisotopic (exact) mass is 344 g/mol. The summed E-state index contributed by atoms with van der Waals surface area (Å²) in [5.41, 5.74) is 2.27. The number of guanidine groups is 1.